The third-order valence-corrected chi connectivity index (χ3v) is 4.56. The van der Waals surface area contributed by atoms with Crippen molar-refractivity contribution in [1.82, 2.24) is 0 Å². The Labute approximate surface area is 135 Å². The zero-order valence-electron chi connectivity index (χ0n) is 14.5. The van der Waals surface area contributed by atoms with E-state index in [9.17, 15) is 0 Å². The quantitative estimate of drug-likeness (QED) is 0.652. The van der Waals surface area contributed by atoms with Gasteiger partial charge in [0.25, 0.3) is 0 Å². The largest absolute Gasteiger partial charge is 0.348 e. The van der Waals surface area contributed by atoms with Gasteiger partial charge in [-0.05, 0) is 30.9 Å². The Hall–Kier alpha value is -1.12. The molecular weight excluding hydrogens is 272 g/mol. The van der Waals surface area contributed by atoms with Crippen LogP contribution < -0.4 is 0 Å². The minimum Gasteiger partial charge on any atom is -0.348 e. The van der Waals surface area contributed by atoms with Crippen LogP contribution in [0.5, 0.6) is 0 Å². The van der Waals surface area contributed by atoms with Gasteiger partial charge in [0.15, 0.2) is 6.29 Å². The number of ether oxygens (including phenoxy) is 2. The van der Waals surface area contributed by atoms with Gasteiger partial charge in [0.2, 0.25) is 0 Å². The second-order valence-corrected chi connectivity index (χ2v) is 7.00. The van der Waals surface area contributed by atoms with Gasteiger partial charge in [-0.1, -0.05) is 70.0 Å². The normalized spacial score (nSPS) is 25.2. The van der Waals surface area contributed by atoms with Crippen molar-refractivity contribution < 1.29 is 9.47 Å². The lowest BCUT2D eigenvalue weighted by Crippen LogP contribution is -2.44. The van der Waals surface area contributed by atoms with Crippen molar-refractivity contribution in [2.45, 2.75) is 65.8 Å². The van der Waals surface area contributed by atoms with Gasteiger partial charge in [0.1, 0.15) is 0 Å². The lowest BCUT2D eigenvalue weighted by Gasteiger charge is -2.41. The lowest BCUT2D eigenvalue weighted by atomic mass is 9.87. The Morgan fingerprint density at radius 3 is 2.59 bits per heavy atom. The lowest BCUT2D eigenvalue weighted by molar-refractivity contribution is -0.238. The van der Waals surface area contributed by atoms with Gasteiger partial charge in [-0.15, -0.1) is 0 Å². The molecule has 0 unspecified atom stereocenters. The molecule has 1 saturated heterocycles. The van der Waals surface area contributed by atoms with E-state index in [-0.39, 0.29) is 17.8 Å². The first-order chi connectivity index (χ1) is 10.5. The molecule has 2 heteroatoms. The van der Waals surface area contributed by atoms with Crippen molar-refractivity contribution in [2.24, 2.45) is 5.41 Å². The third-order valence-electron chi connectivity index (χ3n) is 4.56. The second-order valence-electron chi connectivity index (χ2n) is 7.00. The van der Waals surface area contributed by atoms with Crippen LogP contribution in [-0.4, -0.2) is 19.0 Å². The van der Waals surface area contributed by atoms with Gasteiger partial charge >= 0.3 is 0 Å². The molecule has 0 N–H and O–H groups in total. The van der Waals surface area contributed by atoms with Crippen LogP contribution >= 0.6 is 0 Å². The van der Waals surface area contributed by atoms with E-state index in [1.54, 1.807) is 0 Å². The molecule has 2 rings (SSSR count). The van der Waals surface area contributed by atoms with Gasteiger partial charge in [-0.3, -0.25) is 0 Å². The Morgan fingerprint density at radius 2 is 1.95 bits per heavy atom. The molecule has 0 aliphatic carbocycles. The zero-order valence-corrected chi connectivity index (χ0v) is 14.5. The smallest absolute Gasteiger partial charge is 0.180 e. The summed E-state index contributed by atoms with van der Waals surface area (Å²) in [4.78, 5) is 0. The molecule has 0 bridgehead atoms. The molecule has 1 fully saturated rings. The molecular formula is C20H30O2. The van der Waals surface area contributed by atoms with E-state index in [4.69, 9.17) is 9.47 Å². The van der Waals surface area contributed by atoms with E-state index in [1.165, 1.54) is 30.4 Å². The van der Waals surface area contributed by atoms with Gasteiger partial charge in [0.05, 0.1) is 12.7 Å². The monoisotopic (exact) mass is 302 g/mol. The molecule has 0 saturated carbocycles. The van der Waals surface area contributed by atoms with Crippen LogP contribution in [-0.2, 0) is 9.47 Å². The summed E-state index contributed by atoms with van der Waals surface area (Å²) in [5.41, 5.74) is 2.57. The minimum atomic E-state index is -0.194. The average molecular weight is 302 g/mol. The fourth-order valence-electron chi connectivity index (χ4n) is 2.61. The summed E-state index contributed by atoms with van der Waals surface area (Å²) in [5, 5.41) is 0. The molecule has 2 nitrogen and oxygen atoms in total. The SMILES string of the molecule is CCCCC/C(=C/c1ccccc1)[C@H]1OCC(C)(C)[C@H](C)O1. The summed E-state index contributed by atoms with van der Waals surface area (Å²) >= 11 is 0. The van der Waals surface area contributed by atoms with Crippen LogP contribution in [0.4, 0.5) is 0 Å². The maximum absolute atomic E-state index is 6.18. The number of benzene rings is 1. The first kappa shape index (κ1) is 17.2. The number of hydrogen-bond acceptors (Lipinski definition) is 2. The predicted octanol–water partition coefficient (Wildman–Crippen LogP) is 5.44. The van der Waals surface area contributed by atoms with Crippen LogP contribution in [0.15, 0.2) is 35.9 Å². The summed E-state index contributed by atoms with van der Waals surface area (Å²) in [7, 11) is 0. The van der Waals surface area contributed by atoms with E-state index in [1.807, 2.05) is 6.07 Å². The summed E-state index contributed by atoms with van der Waals surface area (Å²) in [5.74, 6) is 0. The van der Waals surface area contributed by atoms with Crippen molar-refractivity contribution in [1.29, 1.82) is 0 Å². The van der Waals surface area contributed by atoms with Crippen LogP contribution in [0, 0.1) is 5.41 Å². The van der Waals surface area contributed by atoms with Gasteiger partial charge in [-0.25, -0.2) is 0 Å². The maximum Gasteiger partial charge on any atom is 0.180 e. The molecule has 0 aromatic heterocycles. The molecule has 22 heavy (non-hydrogen) atoms. The molecule has 0 radical (unpaired) electrons. The van der Waals surface area contributed by atoms with Crippen LogP contribution in [0.1, 0.15) is 58.9 Å². The summed E-state index contributed by atoms with van der Waals surface area (Å²) in [6.45, 7) is 9.54. The van der Waals surface area contributed by atoms with Crippen LogP contribution in [0.2, 0.25) is 0 Å². The standard InChI is InChI=1S/C20H30O2/c1-5-6-8-13-18(14-17-11-9-7-10-12-17)19-21-15-20(3,4)16(2)22-19/h7,9-12,14,16,19H,5-6,8,13,15H2,1-4H3/b18-14-/t16-,19-/m0/s1. The first-order valence-corrected chi connectivity index (χ1v) is 8.55. The van der Waals surface area contributed by atoms with Crippen molar-refractivity contribution in [3.8, 4) is 0 Å². The molecule has 0 spiro atoms. The van der Waals surface area contributed by atoms with Crippen molar-refractivity contribution in [3.05, 3.63) is 41.5 Å². The van der Waals surface area contributed by atoms with Gasteiger partial charge in [0, 0.05) is 5.41 Å². The van der Waals surface area contributed by atoms with Crippen LogP contribution in [0.3, 0.4) is 0 Å². The highest BCUT2D eigenvalue weighted by Crippen LogP contribution is 2.33. The van der Waals surface area contributed by atoms with E-state index in [0.717, 1.165) is 13.0 Å². The fraction of sp³-hybridized carbons (Fsp3) is 0.600. The van der Waals surface area contributed by atoms with E-state index in [0.29, 0.717) is 0 Å². The molecule has 122 valence electrons. The Kier molecular flexibility index (Phi) is 6.22. The highest BCUT2D eigenvalue weighted by Gasteiger charge is 2.36. The van der Waals surface area contributed by atoms with Crippen LogP contribution in [0.25, 0.3) is 6.08 Å². The Bertz CT molecular complexity index is 476. The van der Waals surface area contributed by atoms with Gasteiger partial charge < -0.3 is 9.47 Å². The Morgan fingerprint density at radius 1 is 1.23 bits per heavy atom. The number of hydrogen-bond donors (Lipinski definition) is 0. The fourth-order valence-corrected chi connectivity index (χ4v) is 2.61. The molecule has 0 amide bonds. The molecule has 1 aromatic rings. The average Bonchev–Trinajstić information content (AvgIpc) is 2.50. The second kappa shape index (κ2) is 7.94. The predicted molar refractivity (Wildman–Crippen MR) is 92.6 cm³/mol. The molecule has 2 atom stereocenters. The molecule has 1 aliphatic heterocycles. The summed E-state index contributed by atoms with van der Waals surface area (Å²) < 4.78 is 12.2. The number of unbranched alkanes of at least 4 members (excludes halogenated alkanes) is 2. The van der Waals surface area contributed by atoms with E-state index in [2.05, 4.69) is 58.0 Å². The Balaban J connectivity index is 2.12. The van der Waals surface area contributed by atoms with E-state index >= 15 is 0 Å². The highest BCUT2D eigenvalue weighted by atomic mass is 16.7. The maximum atomic E-state index is 6.18. The first-order valence-electron chi connectivity index (χ1n) is 8.55. The third kappa shape index (κ3) is 4.69. The molecule has 1 aromatic carbocycles. The number of rotatable bonds is 6. The summed E-state index contributed by atoms with van der Waals surface area (Å²) in [6.07, 6.45) is 6.97. The van der Waals surface area contributed by atoms with Crippen molar-refractivity contribution in [2.75, 3.05) is 6.61 Å². The van der Waals surface area contributed by atoms with E-state index < -0.39 is 0 Å². The summed E-state index contributed by atoms with van der Waals surface area (Å²) in [6, 6.07) is 10.5. The topological polar surface area (TPSA) is 18.5 Å². The van der Waals surface area contributed by atoms with Crippen molar-refractivity contribution in [3.63, 3.8) is 0 Å². The van der Waals surface area contributed by atoms with Crippen molar-refractivity contribution >= 4 is 6.08 Å². The minimum absolute atomic E-state index is 0.0811. The molecule has 1 aliphatic rings. The zero-order chi connectivity index (χ0) is 16.0. The molecule has 1 heterocycles. The van der Waals surface area contributed by atoms with Gasteiger partial charge in [-0.2, -0.15) is 0 Å². The highest BCUT2D eigenvalue weighted by molar-refractivity contribution is 5.53.